The maximum atomic E-state index is 17.4. The number of nitriles is 1. The van der Waals surface area contributed by atoms with Gasteiger partial charge in [-0.15, -0.1) is 0 Å². The fourth-order valence-electron chi connectivity index (χ4n) is 9.10. The Morgan fingerprint density at radius 2 is 2.09 bits per heavy atom. The molecule has 0 radical (unpaired) electrons. The van der Waals surface area contributed by atoms with Crippen molar-refractivity contribution < 1.29 is 21.8 Å². The van der Waals surface area contributed by atoms with Crippen LogP contribution in [0.5, 0.6) is 0 Å². The molecule has 2 aromatic carbocycles. The van der Waals surface area contributed by atoms with Gasteiger partial charge in [-0.2, -0.15) is 9.64 Å². The highest BCUT2D eigenvalue weighted by Gasteiger charge is 2.52. The second kappa shape index (κ2) is 13.8. The van der Waals surface area contributed by atoms with E-state index in [4.69, 9.17) is 35.7 Å². The molecule has 3 saturated heterocycles. The lowest BCUT2D eigenvalue weighted by atomic mass is 9.79. The Labute approximate surface area is 330 Å². The van der Waals surface area contributed by atoms with Crippen molar-refractivity contribution in [1.82, 2.24) is 24.1 Å². The Balaban J connectivity index is 1.29. The summed E-state index contributed by atoms with van der Waals surface area (Å²) in [5.74, 6) is -0.447. The predicted molar refractivity (Wildman–Crippen MR) is 208 cm³/mol. The molecule has 2 N–H and O–H groups in total. The van der Waals surface area contributed by atoms with E-state index in [-0.39, 0.29) is 69.5 Å². The van der Waals surface area contributed by atoms with Crippen LogP contribution in [0.15, 0.2) is 35.7 Å². The monoisotopic (exact) mass is 788 g/mol. The molecule has 54 heavy (non-hydrogen) atoms. The number of carbonyl (C=O) groups is 1. The number of pyridine rings is 1. The highest BCUT2D eigenvalue weighted by atomic mass is 35.5. The summed E-state index contributed by atoms with van der Waals surface area (Å²) in [5.41, 5.74) is 3.99. The molecule has 5 aromatic rings. The van der Waals surface area contributed by atoms with Crippen LogP contribution < -0.4 is 5.32 Å². The molecule has 280 valence electrons. The van der Waals surface area contributed by atoms with Gasteiger partial charge >= 0.3 is 0 Å². The molecule has 3 aliphatic heterocycles. The summed E-state index contributed by atoms with van der Waals surface area (Å²) in [6.45, 7) is 3.97. The van der Waals surface area contributed by atoms with Crippen molar-refractivity contribution in [3.8, 4) is 17.2 Å². The van der Waals surface area contributed by atoms with E-state index in [2.05, 4.69) is 20.3 Å². The van der Waals surface area contributed by atoms with Gasteiger partial charge in [0, 0.05) is 64.3 Å². The fraction of sp³-hybridized carbons (Fsp3) is 0.463. The number of halogens is 3. The number of hydrogen-bond acceptors (Lipinski definition) is 8. The first-order valence-corrected chi connectivity index (χ1v) is 20.2. The number of aryl methyl sites for hydroxylation is 2. The van der Waals surface area contributed by atoms with E-state index in [1.165, 1.54) is 11.5 Å². The fourth-order valence-corrected chi connectivity index (χ4v) is 10.1. The lowest BCUT2D eigenvalue weighted by molar-refractivity contribution is -0.136. The standard InChI is InChI=1S/C41H41Cl2FN6O3S/c1-19-18-54-48-30(19)17-53-33-15-32(49(20(33)2)41(52)22-9-10-22)31-14-27-37(21(3)51)47-38-26(40(27)50(31)39-24-13-29(39)46-16-24)12-23(6-5-11-45)34(36(38)44)25-7-4-8-28(42)35(25)43/h4,7-8,12,14,18,20-22,24,29,32-33,39,46,51H,5-6,9-10,13,15-17H2,1-3H3/t20-,21?,24-,29-,32-,33+,39+/m1/s1/i17D2. The van der Waals surface area contributed by atoms with Crippen molar-refractivity contribution >= 4 is 62.4 Å². The molecule has 5 aliphatic rings. The van der Waals surface area contributed by atoms with Gasteiger partial charge in [-0.1, -0.05) is 35.3 Å². The zero-order valence-electron chi connectivity index (χ0n) is 32.1. The number of benzene rings is 2. The number of aliphatic hydroxyl groups excluding tert-OH is 1. The normalized spacial score (nSPS) is 26.2. The Hall–Kier alpha value is -3.63. The first-order valence-electron chi connectivity index (χ1n) is 19.6. The van der Waals surface area contributed by atoms with Gasteiger partial charge in [0.15, 0.2) is 5.82 Å². The summed E-state index contributed by atoms with van der Waals surface area (Å²) >= 11 is 14.3. The Morgan fingerprint density at radius 1 is 1.28 bits per heavy atom. The first kappa shape index (κ1) is 33.7. The average molecular weight is 790 g/mol. The summed E-state index contributed by atoms with van der Waals surface area (Å²) in [4.78, 5) is 21.1. The number of fused-ring (bicyclic) bond motifs is 4. The minimum atomic E-state index is -2.18. The van der Waals surface area contributed by atoms with Crippen LogP contribution in [0.1, 0.15) is 95.1 Å². The average Bonchev–Trinajstić information content (AvgIpc) is 3.53. The molecule has 7 atom stereocenters. The van der Waals surface area contributed by atoms with Gasteiger partial charge in [-0.3, -0.25) is 4.79 Å². The maximum absolute atomic E-state index is 17.4. The molecule has 9 nitrogen and oxygen atoms in total. The van der Waals surface area contributed by atoms with Crippen molar-refractivity contribution in [3.63, 3.8) is 0 Å². The molecule has 5 fully saturated rings. The molecule has 2 saturated carbocycles. The number of likely N-dealkylation sites (tertiary alicyclic amines) is 1. The zero-order valence-corrected chi connectivity index (χ0v) is 32.4. The molecule has 2 aliphatic carbocycles. The van der Waals surface area contributed by atoms with Crippen LogP contribution in [0.4, 0.5) is 4.39 Å². The number of rotatable bonds is 10. The minimum absolute atomic E-state index is 0.0112. The van der Waals surface area contributed by atoms with Gasteiger partial charge in [0.1, 0.15) is 5.52 Å². The van der Waals surface area contributed by atoms with Crippen molar-refractivity contribution in [2.45, 2.75) is 102 Å². The van der Waals surface area contributed by atoms with Gasteiger partial charge in [-0.25, -0.2) is 9.37 Å². The molecule has 13 heteroatoms. The van der Waals surface area contributed by atoms with Crippen molar-refractivity contribution in [1.29, 1.82) is 5.26 Å². The molecule has 1 unspecified atom stereocenters. The number of hydrogen-bond donors (Lipinski definition) is 2. The molecule has 10 rings (SSSR count). The highest BCUT2D eigenvalue weighted by Crippen LogP contribution is 2.52. The summed E-state index contributed by atoms with van der Waals surface area (Å²) in [6.07, 6.45) is 1.53. The predicted octanol–water partition coefficient (Wildman–Crippen LogP) is 8.77. The maximum Gasteiger partial charge on any atom is 0.226 e. The number of amides is 1. The summed E-state index contributed by atoms with van der Waals surface area (Å²) in [5, 5.41) is 28.1. The van der Waals surface area contributed by atoms with Crippen LogP contribution in [-0.4, -0.2) is 54.6 Å². The number of ether oxygens (including phenoxy) is 1. The van der Waals surface area contributed by atoms with E-state index < -0.39 is 36.7 Å². The summed E-state index contributed by atoms with van der Waals surface area (Å²) in [7, 11) is 0. The van der Waals surface area contributed by atoms with Crippen molar-refractivity contribution in [3.05, 3.63) is 79.8 Å². The first-order chi connectivity index (χ1) is 26.8. The van der Waals surface area contributed by atoms with Crippen LogP contribution in [-0.2, 0) is 22.5 Å². The van der Waals surface area contributed by atoms with Crippen LogP contribution in [0, 0.1) is 35.9 Å². The van der Waals surface area contributed by atoms with Crippen molar-refractivity contribution in [2.75, 3.05) is 6.54 Å². The van der Waals surface area contributed by atoms with Crippen LogP contribution >= 0.6 is 34.7 Å². The van der Waals surface area contributed by atoms with Crippen LogP contribution in [0.25, 0.3) is 32.9 Å². The Kier molecular flexibility index (Phi) is 8.63. The van der Waals surface area contributed by atoms with E-state index in [1.807, 2.05) is 30.9 Å². The van der Waals surface area contributed by atoms with E-state index in [1.54, 1.807) is 30.5 Å². The minimum Gasteiger partial charge on any atom is -0.387 e. The third-order valence-electron chi connectivity index (χ3n) is 12.0. The van der Waals surface area contributed by atoms with Gasteiger partial charge < -0.3 is 24.6 Å². The molecular formula is C41H41Cl2FN6O3S. The van der Waals surface area contributed by atoms with Crippen molar-refractivity contribution in [2.24, 2.45) is 11.8 Å². The van der Waals surface area contributed by atoms with E-state index in [9.17, 15) is 15.2 Å². The number of aliphatic hydroxyl groups is 1. The lowest BCUT2D eigenvalue weighted by Crippen LogP contribution is -2.43. The molecule has 1 amide bonds. The highest BCUT2D eigenvalue weighted by molar-refractivity contribution is 7.03. The Bertz CT molecular complexity index is 2450. The third-order valence-corrected chi connectivity index (χ3v) is 13.6. The van der Waals surface area contributed by atoms with Gasteiger partial charge in [0.2, 0.25) is 5.91 Å². The molecule has 0 spiro atoms. The van der Waals surface area contributed by atoms with Crippen LogP contribution in [0.3, 0.4) is 0 Å². The SMILES string of the molecule is [2H]C([2H])(O[C@H]1C[C@H](c2cc3c(C(C)O)nc4c(F)c(-c5cccc(Cl)c5Cl)c(CCC#N)cc4c3n2[C@H]2[C@H]3CN[C@@H]2C3)N(C(=O)C2CC2)[C@@H]1C)c1nscc1C. The number of carbonyl (C=O) groups excluding carboxylic acids is 1. The van der Waals surface area contributed by atoms with Gasteiger partial charge in [-0.05, 0) is 93.2 Å². The van der Waals surface area contributed by atoms with Gasteiger partial charge in [0.25, 0.3) is 0 Å². The molecule has 2 bridgehead atoms. The number of nitrogens with zero attached hydrogens (tertiary/aromatic N) is 5. The number of aromatic nitrogens is 3. The second-order valence-corrected chi connectivity index (χ2v) is 16.8. The summed E-state index contributed by atoms with van der Waals surface area (Å²) in [6, 6.07) is 10.3. The molecular weight excluding hydrogens is 746 g/mol. The summed E-state index contributed by atoms with van der Waals surface area (Å²) < 4.78 is 48.2. The lowest BCUT2D eigenvalue weighted by Gasteiger charge is -2.39. The Morgan fingerprint density at radius 3 is 2.76 bits per heavy atom. The van der Waals surface area contributed by atoms with E-state index >= 15 is 4.39 Å². The van der Waals surface area contributed by atoms with Gasteiger partial charge in [0.05, 0.1) is 72.7 Å². The topological polar surface area (TPSA) is 116 Å². The number of nitrogens with one attached hydrogen (secondary N) is 1. The van der Waals surface area contributed by atoms with E-state index in [0.29, 0.717) is 45.1 Å². The molecule has 6 heterocycles. The molecule has 3 aromatic heterocycles. The second-order valence-electron chi connectivity index (χ2n) is 15.4. The zero-order chi connectivity index (χ0) is 39.4. The van der Waals surface area contributed by atoms with E-state index in [0.717, 1.165) is 31.5 Å². The van der Waals surface area contributed by atoms with Crippen LogP contribution in [0.2, 0.25) is 10.0 Å². The third kappa shape index (κ3) is 5.75. The largest absolute Gasteiger partial charge is 0.387 e. The quantitative estimate of drug-likeness (QED) is 0.145. The smallest absolute Gasteiger partial charge is 0.226 e.